The van der Waals surface area contributed by atoms with Gasteiger partial charge in [0.25, 0.3) is 0 Å². The molecular formula is C19H16BF4FeO2P-. The number of rotatable bonds is 2. The van der Waals surface area contributed by atoms with Crippen molar-refractivity contribution in [3.63, 3.8) is 0 Å². The molecule has 0 amide bonds. The third-order valence-electron chi connectivity index (χ3n) is 2.39. The molecule has 2 aromatic carbocycles. The van der Waals surface area contributed by atoms with Crippen molar-refractivity contribution in [2.45, 2.75) is 0 Å². The maximum Gasteiger partial charge on any atom is 0.00506 e. The third kappa shape index (κ3) is 24.1. The number of hydrogen-bond acceptors (Lipinski definition) is 0. The summed E-state index contributed by atoms with van der Waals surface area (Å²) in [6.07, 6.45) is 10.0. The molecule has 0 fully saturated rings. The Morgan fingerprint density at radius 1 is 0.607 bits per heavy atom. The molecule has 1 aliphatic rings. The molecular weight excluding hydrogens is 434 g/mol. The fourth-order valence-corrected chi connectivity index (χ4v) is 2.58. The second-order valence-corrected chi connectivity index (χ2v) is 5.72. The Balaban J connectivity index is -0.000000350. The van der Waals surface area contributed by atoms with Crippen LogP contribution < -0.4 is 10.6 Å². The molecule has 0 unspecified atom stereocenters. The molecule has 149 valence electrons. The van der Waals surface area contributed by atoms with Gasteiger partial charge in [0.05, 0.1) is 0 Å². The molecule has 0 saturated carbocycles. The first-order valence-electron chi connectivity index (χ1n) is 7.27. The van der Waals surface area contributed by atoms with Crippen LogP contribution in [0.3, 0.4) is 0 Å². The molecule has 0 N–H and O–H groups in total. The molecule has 0 aromatic heterocycles. The van der Waals surface area contributed by atoms with Crippen molar-refractivity contribution in [3.05, 3.63) is 105 Å². The molecule has 0 spiro atoms. The average Bonchev–Trinajstić information content (AvgIpc) is 3.26. The van der Waals surface area contributed by atoms with Crippen LogP contribution in [0.25, 0.3) is 0 Å². The summed E-state index contributed by atoms with van der Waals surface area (Å²) in [5.41, 5.74) is 0. The van der Waals surface area contributed by atoms with Crippen LogP contribution in [-0.4, -0.2) is 7.25 Å². The van der Waals surface area contributed by atoms with Gasteiger partial charge in [-0.25, -0.2) is 0 Å². The first-order chi connectivity index (χ1) is 12.9. The van der Waals surface area contributed by atoms with Gasteiger partial charge in [-0.05, 0) is 10.6 Å². The predicted octanol–water partition coefficient (Wildman–Crippen LogP) is 4.86. The Morgan fingerprint density at radius 2 is 0.893 bits per heavy atom. The molecule has 2 nitrogen and oxygen atoms in total. The molecule has 0 atom stereocenters. The summed E-state index contributed by atoms with van der Waals surface area (Å²) in [5.74, 6) is 0. The second-order valence-electron chi connectivity index (χ2n) is 4.31. The Morgan fingerprint density at radius 3 is 1.11 bits per heavy atom. The zero-order valence-electron chi connectivity index (χ0n) is 14.4. The van der Waals surface area contributed by atoms with Gasteiger partial charge in [0.2, 0.25) is 0 Å². The van der Waals surface area contributed by atoms with Gasteiger partial charge in [0, 0.05) is 23.5 Å². The molecule has 0 saturated heterocycles. The molecule has 1 radical (unpaired) electrons. The summed E-state index contributed by atoms with van der Waals surface area (Å²) in [5, 5.41) is 2.79. The van der Waals surface area contributed by atoms with Crippen LogP contribution in [0.1, 0.15) is 0 Å². The van der Waals surface area contributed by atoms with E-state index in [-0.39, 0.29) is 17.1 Å². The Hall–Kier alpha value is -1.87. The maximum atomic E-state index is 9.75. The van der Waals surface area contributed by atoms with Gasteiger partial charge in [-0.15, -0.1) is 0 Å². The van der Waals surface area contributed by atoms with Crippen molar-refractivity contribution in [3.8, 4) is 0 Å². The minimum Gasteiger partial charge on any atom is -0.0767 e. The number of benzene rings is 2. The standard InChI is InChI=1S/C12H11P.C5H5.2CO.BF4.Fe/c1-3-7-11(8-4-1)13-12-9-5-2-6-10-12;1-2-4-5-3-1;2*1-2;2-1(3,4)5;/h1-10,13H;1-5H;;;;/q;;;;-1;. The second kappa shape index (κ2) is 21.4. The zero-order valence-corrected chi connectivity index (χ0v) is 16.5. The van der Waals surface area contributed by atoms with Crippen LogP contribution in [0.5, 0.6) is 0 Å². The molecule has 0 heterocycles. The minimum atomic E-state index is -6.00. The smallest absolute Gasteiger partial charge is 0.00506 e. The quantitative estimate of drug-likeness (QED) is 0.207. The van der Waals surface area contributed by atoms with Gasteiger partial charge in [0.15, 0.2) is 0 Å². The average molecular weight is 450 g/mol. The van der Waals surface area contributed by atoms with Gasteiger partial charge in [0.1, 0.15) is 0 Å². The Bertz CT molecular complexity index is 631. The van der Waals surface area contributed by atoms with E-state index in [1.165, 1.54) is 10.6 Å². The normalized spacial score (nSPS) is 10.0. The Kier molecular flexibility index (Phi) is 23.6. The van der Waals surface area contributed by atoms with Crippen molar-refractivity contribution in [2.24, 2.45) is 0 Å². The first-order valence-corrected chi connectivity index (χ1v) is 8.27. The molecule has 3 rings (SSSR count). The largest absolute Gasteiger partial charge is 0.0767 e. The number of hydrogen-bond donors (Lipinski definition) is 0. The van der Waals surface area contributed by atoms with Gasteiger partial charge >= 0.3 is 29.9 Å². The summed E-state index contributed by atoms with van der Waals surface area (Å²) in [6.45, 7) is 9.00. The van der Waals surface area contributed by atoms with Crippen LogP contribution in [0.2, 0.25) is 0 Å². The van der Waals surface area contributed by atoms with E-state index in [0.717, 1.165) is 8.58 Å². The van der Waals surface area contributed by atoms with E-state index < -0.39 is 7.25 Å². The van der Waals surface area contributed by atoms with E-state index in [9.17, 15) is 17.3 Å². The molecule has 0 bridgehead atoms. The summed E-state index contributed by atoms with van der Waals surface area (Å²) < 4.78 is 54.0. The number of halogens is 4. The summed E-state index contributed by atoms with van der Waals surface area (Å²) >= 11 is 0. The predicted molar refractivity (Wildman–Crippen MR) is 101 cm³/mol. The topological polar surface area (TPSA) is 39.8 Å². The van der Waals surface area contributed by atoms with E-state index >= 15 is 0 Å². The van der Waals surface area contributed by atoms with Gasteiger partial charge < -0.3 is 17.3 Å². The van der Waals surface area contributed by atoms with Crippen LogP contribution >= 0.6 is 8.58 Å². The van der Waals surface area contributed by atoms with Gasteiger partial charge in [-0.3, -0.25) is 0 Å². The van der Waals surface area contributed by atoms with Crippen molar-refractivity contribution < 1.29 is 43.6 Å². The van der Waals surface area contributed by atoms with Gasteiger partial charge in [-0.2, -0.15) is 0 Å². The van der Waals surface area contributed by atoms with E-state index in [1.807, 2.05) is 30.7 Å². The van der Waals surface area contributed by atoms with E-state index in [4.69, 9.17) is 9.30 Å². The van der Waals surface area contributed by atoms with E-state index in [0.29, 0.717) is 0 Å². The summed E-state index contributed by atoms with van der Waals surface area (Å²) in [7, 11) is -5.22. The zero-order chi connectivity index (χ0) is 21.0. The van der Waals surface area contributed by atoms with Crippen molar-refractivity contribution >= 4 is 26.4 Å². The number of allylic oxidation sites excluding steroid dienone is 4. The van der Waals surface area contributed by atoms with Crippen LogP contribution in [0.15, 0.2) is 85.0 Å². The SMILES string of the molecule is F[B-](F)(F)F.[C-]#[O+].[C-]#[O+].[CH]1C=CC=C1.[Fe].c1ccc(Pc2ccccc2)cc1. The third-order valence-corrected chi connectivity index (χ3v) is 3.64. The fraction of sp³-hybridized carbons (Fsp3) is 0. The summed E-state index contributed by atoms with van der Waals surface area (Å²) in [4.78, 5) is 0. The maximum absolute atomic E-state index is 9.75. The minimum absolute atomic E-state index is 0. The van der Waals surface area contributed by atoms with Crippen LogP contribution in [0, 0.1) is 19.7 Å². The van der Waals surface area contributed by atoms with Crippen molar-refractivity contribution in [1.29, 1.82) is 0 Å². The molecule has 2 aromatic rings. The van der Waals surface area contributed by atoms with Gasteiger partial charge in [-0.1, -0.05) is 93.5 Å². The summed E-state index contributed by atoms with van der Waals surface area (Å²) in [6, 6.07) is 21.2. The first kappa shape index (κ1) is 30.8. The fourth-order valence-electron chi connectivity index (χ4n) is 1.53. The molecule has 1 aliphatic carbocycles. The van der Waals surface area contributed by atoms with Crippen molar-refractivity contribution in [2.75, 3.05) is 0 Å². The van der Waals surface area contributed by atoms with Crippen molar-refractivity contribution in [1.82, 2.24) is 0 Å². The van der Waals surface area contributed by atoms with E-state index in [1.54, 1.807) is 0 Å². The molecule has 28 heavy (non-hydrogen) atoms. The monoisotopic (exact) mass is 450 g/mol. The molecule has 0 aliphatic heterocycles. The molecule has 9 heteroatoms. The van der Waals surface area contributed by atoms with Crippen LogP contribution in [0.4, 0.5) is 17.3 Å². The Labute approximate surface area is 174 Å². The van der Waals surface area contributed by atoms with Crippen LogP contribution in [-0.2, 0) is 26.4 Å². The van der Waals surface area contributed by atoms with E-state index in [2.05, 4.69) is 74.0 Å².